The Bertz CT molecular complexity index is 1220. The third-order valence-corrected chi connectivity index (χ3v) is 6.65. The molecule has 0 atom stereocenters. The van der Waals surface area contributed by atoms with Gasteiger partial charge in [0.25, 0.3) is 5.60 Å². The van der Waals surface area contributed by atoms with Crippen LogP contribution in [0.25, 0.3) is 11.1 Å². The van der Waals surface area contributed by atoms with Crippen molar-refractivity contribution >= 4 is 6.09 Å². The number of alkyl halides is 6. The van der Waals surface area contributed by atoms with Crippen LogP contribution in [0.2, 0.25) is 0 Å². The number of halogens is 6. The Kier molecular flexibility index (Phi) is 8.22. The Hall–Kier alpha value is -3.57. The van der Waals surface area contributed by atoms with Gasteiger partial charge in [-0.25, -0.2) is 4.79 Å². The van der Waals surface area contributed by atoms with Crippen LogP contribution in [0.5, 0.6) is 0 Å². The molecule has 0 aliphatic carbocycles. The lowest BCUT2D eigenvalue weighted by atomic mass is 9.90. The molecule has 5 nitrogen and oxygen atoms in total. The number of piperazine rings is 1. The smallest absolute Gasteiger partial charge is 0.430 e. The van der Waals surface area contributed by atoms with Crippen molar-refractivity contribution in [3.63, 3.8) is 0 Å². The second-order valence-corrected chi connectivity index (χ2v) is 9.28. The first-order valence-corrected chi connectivity index (χ1v) is 12.1. The van der Waals surface area contributed by atoms with Gasteiger partial charge in [-0.05, 0) is 22.3 Å². The molecule has 4 rings (SSSR count). The predicted molar refractivity (Wildman–Crippen MR) is 131 cm³/mol. The molecule has 1 fully saturated rings. The highest BCUT2D eigenvalue weighted by atomic mass is 19.4. The molecule has 1 saturated heterocycles. The molecule has 0 saturated carbocycles. The predicted octanol–water partition coefficient (Wildman–Crippen LogP) is 6.12. The van der Waals surface area contributed by atoms with Gasteiger partial charge in [0.2, 0.25) is 0 Å². The zero-order chi connectivity index (χ0) is 28.3. The van der Waals surface area contributed by atoms with E-state index in [4.69, 9.17) is 4.74 Å². The van der Waals surface area contributed by atoms with E-state index >= 15 is 0 Å². The number of amides is 1. The Balaban J connectivity index is 1.31. The molecular formula is C28H26F6N2O3. The summed E-state index contributed by atoms with van der Waals surface area (Å²) in [6.07, 6.45) is -12.2. The van der Waals surface area contributed by atoms with E-state index < -0.39 is 23.5 Å². The largest absolute Gasteiger partial charge is 0.445 e. The maximum Gasteiger partial charge on any atom is 0.430 e. The van der Waals surface area contributed by atoms with E-state index in [2.05, 4.69) is 4.90 Å². The van der Waals surface area contributed by atoms with Crippen LogP contribution in [0.1, 0.15) is 16.7 Å². The van der Waals surface area contributed by atoms with Gasteiger partial charge in [0.05, 0.1) is 0 Å². The molecule has 11 heteroatoms. The molecule has 1 amide bonds. The molecule has 1 N–H and O–H groups in total. The zero-order valence-electron chi connectivity index (χ0n) is 20.7. The zero-order valence-corrected chi connectivity index (χ0v) is 20.7. The summed E-state index contributed by atoms with van der Waals surface area (Å²) in [6, 6.07) is 20.0. The van der Waals surface area contributed by atoms with Crippen molar-refractivity contribution in [3.05, 3.63) is 95.6 Å². The summed E-state index contributed by atoms with van der Waals surface area (Å²) in [5.74, 6) is 0. The van der Waals surface area contributed by atoms with Crippen molar-refractivity contribution in [1.82, 2.24) is 9.80 Å². The van der Waals surface area contributed by atoms with E-state index in [9.17, 15) is 36.2 Å². The number of benzene rings is 3. The Morgan fingerprint density at radius 3 is 1.74 bits per heavy atom. The van der Waals surface area contributed by atoms with E-state index in [1.807, 2.05) is 42.5 Å². The molecule has 1 heterocycles. The second kappa shape index (κ2) is 11.3. The molecule has 0 spiro atoms. The summed E-state index contributed by atoms with van der Waals surface area (Å²) in [5.41, 5.74) is -3.39. The molecule has 0 aromatic heterocycles. The number of aliphatic hydroxyl groups is 1. The first-order chi connectivity index (χ1) is 18.4. The highest BCUT2D eigenvalue weighted by molar-refractivity contribution is 5.67. The maximum absolute atomic E-state index is 13.1. The minimum absolute atomic E-state index is 0.209. The molecule has 3 aromatic carbocycles. The van der Waals surface area contributed by atoms with E-state index in [1.165, 1.54) is 0 Å². The molecule has 0 unspecified atom stereocenters. The molecule has 1 aliphatic rings. The van der Waals surface area contributed by atoms with Crippen LogP contribution in [-0.2, 0) is 23.5 Å². The van der Waals surface area contributed by atoms with Gasteiger partial charge in [0.1, 0.15) is 6.61 Å². The monoisotopic (exact) mass is 552 g/mol. The van der Waals surface area contributed by atoms with E-state index in [-0.39, 0.29) is 12.7 Å². The van der Waals surface area contributed by atoms with Crippen molar-refractivity contribution in [1.29, 1.82) is 0 Å². The quantitative estimate of drug-likeness (QED) is 0.375. The molecule has 3 aromatic rings. The average Bonchev–Trinajstić information content (AvgIpc) is 2.91. The first kappa shape index (κ1) is 28.4. The minimum Gasteiger partial charge on any atom is -0.445 e. The van der Waals surface area contributed by atoms with Crippen LogP contribution < -0.4 is 0 Å². The van der Waals surface area contributed by atoms with Gasteiger partial charge < -0.3 is 14.7 Å². The molecule has 0 bridgehead atoms. The van der Waals surface area contributed by atoms with Crippen LogP contribution in [0.3, 0.4) is 0 Å². The van der Waals surface area contributed by atoms with E-state index in [0.717, 1.165) is 23.3 Å². The fourth-order valence-electron chi connectivity index (χ4n) is 4.35. The van der Waals surface area contributed by atoms with Crippen LogP contribution in [0, 0.1) is 0 Å². The van der Waals surface area contributed by atoms with E-state index in [1.54, 1.807) is 17.0 Å². The van der Waals surface area contributed by atoms with Gasteiger partial charge in [0.15, 0.2) is 0 Å². The van der Waals surface area contributed by atoms with Crippen LogP contribution >= 0.6 is 0 Å². The minimum atomic E-state index is -5.93. The van der Waals surface area contributed by atoms with Gasteiger partial charge in [-0.15, -0.1) is 0 Å². The highest BCUT2D eigenvalue weighted by Crippen LogP contribution is 2.50. The SMILES string of the molecule is O=C(OCc1ccccc1)N1CCN(Cc2ccc(-c3ccc(C(O)(C(F)(F)F)C(F)(F)F)cc3)cc2)CC1. The van der Waals surface area contributed by atoms with Crippen molar-refractivity contribution < 1.29 is 41.0 Å². The number of carbonyl (C=O) groups is 1. The van der Waals surface area contributed by atoms with Gasteiger partial charge in [-0.1, -0.05) is 78.9 Å². The van der Waals surface area contributed by atoms with Crippen molar-refractivity contribution in [3.8, 4) is 11.1 Å². The van der Waals surface area contributed by atoms with Gasteiger partial charge in [0, 0.05) is 38.3 Å². The number of ether oxygens (including phenoxy) is 1. The normalized spacial score (nSPS) is 15.3. The van der Waals surface area contributed by atoms with Gasteiger partial charge >= 0.3 is 18.4 Å². The van der Waals surface area contributed by atoms with Crippen molar-refractivity contribution in [2.45, 2.75) is 31.1 Å². The summed E-state index contributed by atoms with van der Waals surface area (Å²) in [4.78, 5) is 16.2. The standard InChI is InChI=1S/C28H26F6N2O3/c29-27(30,31)26(38,28(32,33)34)24-12-10-23(11-13-24)22-8-6-20(7-9-22)18-35-14-16-36(17-15-35)25(37)39-19-21-4-2-1-3-5-21/h1-13,38H,14-19H2. The second-order valence-electron chi connectivity index (χ2n) is 9.28. The summed E-state index contributed by atoms with van der Waals surface area (Å²) in [5, 5.41) is 9.55. The third-order valence-electron chi connectivity index (χ3n) is 6.65. The van der Waals surface area contributed by atoms with E-state index in [0.29, 0.717) is 56.0 Å². The van der Waals surface area contributed by atoms with Gasteiger partial charge in [-0.2, -0.15) is 26.3 Å². The lowest BCUT2D eigenvalue weighted by Gasteiger charge is -2.34. The number of carbonyl (C=O) groups excluding carboxylic acids is 1. The maximum atomic E-state index is 13.1. The number of hydrogen-bond acceptors (Lipinski definition) is 4. The molecular weight excluding hydrogens is 526 g/mol. The fraction of sp³-hybridized carbons (Fsp3) is 0.321. The molecule has 39 heavy (non-hydrogen) atoms. The molecule has 1 aliphatic heterocycles. The van der Waals surface area contributed by atoms with Crippen molar-refractivity contribution in [2.24, 2.45) is 0 Å². The first-order valence-electron chi connectivity index (χ1n) is 12.1. The Morgan fingerprint density at radius 2 is 1.23 bits per heavy atom. The third kappa shape index (κ3) is 6.36. The number of hydrogen-bond donors (Lipinski definition) is 1. The summed E-state index contributed by atoms with van der Waals surface area (Å²) >= 11 is 0. The van der Waals surface area contributed by atoms with Crippen LogP contribution in [0.15, 0.2) is 78.9 Å². The summed E-state index contributed by atoms with van der Waals surface area (Å²) < 4.78 is 84.0. The van der Waals surface area contributed by atoms with Crippen molar-refractivity contribution in [2.75, 3.05) is 26.2 Å². The Labute approximate surface area is 221 Å². The number of rotatable bonds is 6. The topological polar surface area (TPSA) is 53.0 Å². The summed E-state index contributed by atoms with van der Waals surface area (Å²) in [6.45, 7) is 3.13. The number of nitrogens with zero attached hydrogens (tertiary/aromatic N) is 2. The average molecular weight is 553 g/mol. The van der Waals surface area contributed by atoms with Crippen LogP contribution in [-0.4, -0.2) is 59.5 Å². The summed E-state index contributed by atoms with van der Waals surface area (Å²) in [7, 11) is 0. The molecule has 208 valence electrons. The molecule has 0 radical (unpaired) electrons. The lowest BCUT2D eigenvalue weighted by molar-refractivity contribution is -0.376. The van der Waals surface area contributed by atoms with Crippen LogP contribution in [0.4, 0.5) is 31.1 Å². The lowest BCUT2D eigenvalue weighted by Crippen LogP contribution is -2.53. The fourth-order valence-corrected chi connectivity index (χ4v) is 4.35. The Morgan fingerprint density at radius 1 is 0.718 bits per heavy atom. The highest BCUT2D eigenvalue weighted by Gasteiger charge is 2.71. The van der Waals surface area contributed by atoms with Gasteiger partial charge in [-0.3, -0.25) is 4.90 Å².